The number of piperazine rings is 1. The average Bonchev–Trinajstić information content (AvgIpc) is 3.04. The molecule has 2 saturated heterocycles. The summed E-state index contributed by atoms with van der Waals surface area (Å²) in [5.41, 5.74) is 6.50. The van der Waals surface area contributed by atoms with Crippen molar-refractivity contribution in [2.24, 2.45) is 16.8 Å². The van der Waals surface area contributed by atoms with Crippen molar-refractivity contribution in [3.8, 4) is 11.5 Å². The number of oxime groups is 1. The van der Waals surface area contributed by atoms with Gasteiger partial charge < -0.3 is 31.0 Å². The van der Waals surface area contributed by atoms with Crippen LogP contribution in [0.1, 0.15) is 75.8 Å². The number of piperidine rings is 1. The van der Waals surface area contributed by atoms with Crippen LogP contribution in [0.2, 0.25) is 0 Å². The van der Waals surface area contributed by atoms with Crippen molar-refractivity contribution in [1.82, 2.24) is 15.1 Å². The largest absolute Gasteiger partial charge is 0.457 e. The van der Waals surface area contributed by atoms with E-state index in [0.29, 0.717) is 49.5 Å². The number of hydrogen-bond donors (Lipinski definition) is 4. The number of halogens is 2. The number of likely N-dealkylation sites (tertiary alicyclic amines) is 1. The molecule has 1 saturated carbocycles. The summed E-state index contributed by atoms with van der Waals surface area (Å²) in [5, 5.41) is 26.0. The predicted molar refractivity (Wildman–Crippen MR) is 178 cm³/mol. The number of nitrogens with zero attached hydrogens (tertiary/aromatic N) is 3. The van der Waals surface area contributed by atoms with E-state index >= 15 is 0 Å². The predicted octanol–water partition coefficient (Wildman–Crippen LogP) is 4.82. The molecule has 2 aromatic carbocycles. The molecule has 5 rings (SSSR count). The number of hydrogen-bond acceptors (Lipinski definition) is 7. The van der Waals surface area contributed by atoms with Gasteiger partial charge in [0, 0.05) is 31.7 Å². The zero-order valence-corrected chi connectivity index (χ0v) is 27.5. The Morgan fingerprint density at radius 2 is 1.62 bits per heavy atom. The maximum atomic E-state index is 13.8. The Morgan fingerprint density at radius 1 is 1.02 bits per heavy atom. The van der Waals surface area contributed by atoms with E-state index in [-0.39, 0.29) is 48.4 Å². The van der Waals surface area contributed by atoms with E-state index in [1.165, 1.54) is 6.42 Å². The third-order valence-electron chi connectivity index (χ3n) is 9.47. The molecule has 1 spiro atoms. The number of nitrogens with two attached hydrogens (primary N) is 1. The standard InChI is InChI=1S/C33H45N5O5.2ClH/c1-2-3-19-38-31(40)28(29(39)24-7-5-4-6-8-24)35-32(41)33(38)17-20-37(21-18-33)22-23-9-13-26(14-10-23)43-27-15-11-25(12-16-27)30(34)36-42;;/h9-16,24,28-29,39,42H,2-8,17-22H2,1H3,(H2,34,36)(H,35,41);2*1H/t28-,29-;;/m1../s1. The number of rotatable bonds is 10. The number of ether oxygens (including phenoxy) is 1. The van der Waals surface area contributed by atoms with Crippen LogP contribution in [-0.4, -0.2) is 75.1 Å². The van der Waals surface area contributed by atoms with Crippen LogP contribution in [0, 0.1) is 5.92 Å². The summed E-state index contributed by atoms with van der Waals surface area (Å²) >= 11 is 0. The van der Waals surface area contributed by atoms with Gasteiger partial charge in [-0.3, -0.25) is 14.5 Å². The van der Waals surface area contributed by atoms with Gasteiger partial charge in [0.05, 0.1) is 6.10 Å². The topological polar surface area (TPSA) is 141 Å². The maximum Gasteiger partial charge on any atom is 0.248 e. The van der Waals surface area contributed by atoms with Crippen LogP contribution in [0.15, 0.2) is 53.7 Å². The van der Waals surface area contributed by atoms with Crippen molar-refractivity contribution in [1.29, 1.82) is 0 Å². The highest BCUT2D eigenvalue weighted by atomic mass is 35.5. The quantitative estimate of drug-likeness (QED) is 0.124. The second-order valence-electron chi connectivity index (χ2n) is 12.2. The van der Waals surface area contributed by atoms with Crippen LogP contribution < -0.4 is 15.8 Å². The Labute approximate surface area is 278 Å². The number of nitrogens with one attached hydrogen (secondary N) is 1. The molecular formula is C33H47Cl2N5O5. The molecule has 0 unspecified atom stereocenters. The first-order valence-corrected chi connectivity index (χ1v) is 15.7. The van der Waals surface area contributed by atoms with E-state index in [2.05, 4.69) is 22.3 Å². The lowest BCUT2D eigenvalue weighted by Crippen LogP contribution is -2.75. The van der Waals surface area contributed by atoms with Gasteiger partial charge in [-0.1, -0.05) is 49.9 Å². The minimum absolute atomic E-state index is 0. The van der Waals surface area contributed by atoms with E-state index in [0.717, 1.165) is 50.6 Å². The molecule has 2 aliphatic heterocycles. The first-order chi connectivity index (χ1) is 20.8. The second kappa shape index (κ2) is 16.5. The zero-order chi connectivity index (χ0) is 30.4. The van der Waals surface area contributed by atoms with Crippen LogP contribution in [0.4, 0.5) is 0 Å². The minimum atomic E-state index is -0.855. The molecular weight excluding hydrogens is 617 g/mol. The summed E-state index contributed by atoms with van der Waals surface area (Å²) in [4.78, 5) is 31.7. The van der Waals surface area contributed by atoms with Crippen LogP contribution in [0.3, 0.4) is 0 Å². The number of amides is 2. The third-order valence-corrected chi connectivity index (χ3v) is 9.47. The summed E-state index contributed by atoms with van der Waals surface area (Å²) in [6.45, 7) is 4.77. The fourth-order valence-corrected chi connectivity index (χ4v) is 6.85. The highest BCUT2D eigenvalue weighted by molar-refractivity contribution is 6.00. The maximum absolute atomic E-state index is 13.8. The van der Waals surface area contributed by atoms with E-state index in [1.807, 2.05) is 29.2 Å². The molecule has 2 atom stereocenters. The lowest BCUT2D eigenvalue weighted by molar-refractivity contribution is -0.166. The highest BCUT2D eigenvalue weighted by Gasteiger charge is 2.55. The van der Waals surface area contributed by atoms with Crippen LogP contribution in [-0.2, 0) is 16.1 Å². The molecule has 12 heteroatoms. The van der Waals surface area contributed by atoms with Crippen LogP contribution >= 0.6 is 24.8 Å². The molecule has 248 valence electrons. The second-order valence-corrected chi connectivity index (χ2v) is 12.2. The summed E-state index contributed by atoms with van der Waals surface area (Å²) in [6, 6.07) is 14.1. The van der Waals surface area contributed by atoms with Gasteiger partial charge in [0.15, 0.2) is 5.84 Å². The van der Waals surface area contributed by atoms with Gasteiger partial charge in [-0.05, 0) is 80.0 Å². The number of benzene rings is 2. The summed E-state index contributed by atoms with van der Waals surface area (Å²) in [5.74, 6) is 1.23. The molecule has 10 nitrogen and oxygen atoms in total. The first-order valence-electron chi connectivity index (χ1n) is 15.7. The van der Waals surface area contributed by atoms with Crippen molar-refractivity contribution < 1.29 is 24.6 Å². The Bertz CT molecular complexity index is 1280. The van der Waals surface area contributed by atoms with Gasteiger partial charge >= 0.3 is 0 Å². The lowest BCUT2D eigenvalue weighted by Gasteiger charge is -2.52. The first kappa shape index (κ1) is 36.4. The van der Waals surface area contributed by atoms with E-state index < -0.39 is 17.7 Å². The smallest absolute Gasteiger partial charge is 0.248 e. The van der Waals surface area contributed by atoms with E-state index in [4.69, 9.17) is 15.7 Å². The number of aliphatic hydroxyl groups is 1. The van der Waals surface area contributed by atoms with Gasteiger partial charge in [-0.2, -0.15) is 0 Å². The molecule has 2 heterocycles. The summed E-state index contributed by atoms with van der Waals surface area (Å²) < 4.78 is 5.94. The molecule has 5 N–H and O–H groups in total. The van der Waals surface area contributed by atoms with Gasteiger partial charge in [0.25, 0.3) is 0 Å². The molecule has 1 aliphatic carbocycles. The molecule has 0 aromatic heterocycles. The van der Waals surface area contributed by atoms with Crippen molar-refractivity contribution in [3.05, 3.63) is 59.7 Å². The van der Waals surface area contributed by atoms with Crippen molar-refractivity contribution in [2.45, 2.75) is 88.9 Å². The van der Waals surface area contributed by atoms with Crippen LogP contribution in [0.25, 0.3) is 0 Å². The number of carbonyl (C=O) groups excluding carboxylic acids is 2. The molecule has 0 bridgehead atoms. The molecule has 2 aromatic rings. The van der Waals surface area contributed by atoms with Gasteiger partial charge in [-0.15, -0.1) is 24.8 Å². The number of unbranched alkanes of at least 4 members (excludes halogenated alkanes) is 1. The number of carbonyl (C=O) groups is 2. The monoisotopic (exact) mass is 663 g/mol. The summed E-state index contributed by atoms with van der Waals surface area (Å²) in [7, 11) is 0. The fraction of sp³-hybridized carbons (Fsp3) is 0.545. The zero-order valence-electron chi connectivity index (χ0n) is 25.9. The summed E-state index contributed by atoms with van der Waals surface area (Å²) in [6.07, 6.45) is 7.20. The van der Waals surface area contributed by atoms with Crippen molar-refractivity contribution in [3.63, 3.8) is 0 Å². The molecule has 3 aliphatic rings. The normalized spacial score (nSPS) is 21.4. The number of aliphatic hydroxyl groups excluding tert-OH is 1. The molecule has 2 amide bonds. The Balaban J connectivity index is 0.00000276. The number of amidine groups is 1. The van der Waals surface area contributed by atoms with Crippen LogP contribution in [0.5, 0.6) is 11.5 Å². The Hall–Kier alpha value is -3.05. The molecule has 3 fully saturated rings. The Morgan fingerprint density at radius 3 is 2.20 bits per heavy atom. The van der Waals surface area contributed by atoms with Crippen molar-refractivity contribution in [2.75, 3.05) is 19.6 Å². The Kier molecular flexibility index (Phi) is 13.3. The SMILES string of the molecule is CCCCN1C(=O)[C@@H]([C@H](O)C2CCCCC2)NC(=O)C12CCN(Cc1ccc(Oc3ccc(/C(N)=N/O)cc3)cc1)CC2.Cl.Cl. The van der Waals surface area contributed by atoms with Crippen molar-refractivity contribution >= 4 is 42.5 Å². The van der Waals surface area contributed by atoms with Gasteiger partial charge in [0.2, 0.25) is 11.8 Å². The average molecular weight is 665 g/mol. The lowest BCUT2D eigenvalue weighted by atomic mass is 9.78. The highest BCUT2D eigenvalue weighted by Crippen LogP contribution is 2.36. The van der Waals surface area contributed by atoms with E-state index in [9.17, 15) is 14.7 Å². The molecule has 0 radical (unpaired) electrons. The minimum Gasteiger partial charge on any atom is -0.457 e. The van der Waals surface area contributed by atoms with E-state index in [1.54, 1.807) is 24.3 Å². The fourth-order valence-electron chi connectivity index (χ4n) is 6.85. The van der Waals surface area contributed by atoms with Gasteiger partial charge in [0.1, 0.15) is 23.1 Å². The molecule has 45 heavy (non-hydrogen) atoms. The third kappa shape index (κ3) is 8.22. The van der Waals surface area contributed by atoms with Gasteiger partial charge in [-0.25, -0.2) is 0 Å².